The molecule has 1 heterocycles. The number of anilines is 1. The monoisotopic (exact) mass is 305 g/mol. The highest BCUT2D eigenvalue weighted by molar-refractivity contribution is 5.97. The standard InChI is InChI=1S/C13H18F3N3O2/c1-7(2)9(5-6-20)18-12-8(11(17)21)3-4-10(19-12)13(14,15)16/h3-4,7,9,20H,5-6H2,1-2H3,(H2,17,21)(H,18,19). The largest absolute Gasteiger partial charge is 0.433 e. The Balaban J connectivity index is 3.20. The number of aliphatic hydroxyl groups excluding tert-OH is 1. The van der Waals surface area contributed by atoms with Gasteiger partial charge in [-0.2, -0.15) is 13.2 Å². The van der Waals surface area contributed by atoms with Crippen LogP contribution in [0.15, 0.2) is 12.1 Å². The number of halogens is 3. The second-order valence-corrected chi connectivity index (χ2v) is 4.96. The van der Waals surface area contributed by atoms with E-state index in [-0.39, 0.29) is 29.9 Å². The Labute approximate surface area is 120 Å². The highest BCUT2D eigenvalue weighted by Gasteiger charge is 2.33. The minimum atomic E-state index is -4.61. The molecule has 5 nitrogen and oxygen atoms in total. The first-order chi connectivity index (χ1) is 9.66. The maximum atomic E-state index is 12.7. The molecule has 1 aromatic heterocycles. The van der Waals surface area contributed by atoms with Gasteiger partial charge in [0.1, 0.15) is 11.5 Å². The molecule has 1 aromatic rings. The van der Waals surface area contributed by atoms with Crippen molar-refractivity contribution >= 4 is 11.7 Å². The van der Waals surface area contributed by atoms with Crippen molar-refractivity contribution in [3.63, 3.8) is 0 Å². The van der Waals surface area contributed by atoms with Crippen LogP contribution in [0.4, 0.5) is 19.0 Å². The number of primary amides is 1. The lowest BCUT2D eigenvalue weighted by Gasteiger charge is -2.23. The Bertz CT molecular complexity index is 504. The molecule has 1 unspecified atom stereocenters. The van der Waals surface area contributed by atoms with Crippen LogP contribution in [-0.2, 0) is 6.18 Å². The van der Waals surface area contributed by atoms with Crippen molar-refractivity contribution in [2.24, 2.45) is 11.7 Å². The molecule has 118 valence electrons. The van der Waals surface area contributed by atoms with Crippen LogP contribution in [0.5, 0.6) is 0 Å². The van der Waals surface area contributed by atoms with Crippen molar-refractivity contribution in [3.05, 3.63) is 23.4 Å². The lowest BCUT2D eigenvalue weighted by atomic mass is 10.0. The zero-order chi connectivity index (χ0) is 16.2. The molecule has 8 heteroatoms. The van der Waals surface area contributed by atoms with Crippen molar-refractivity contribution in [2.45, 2.75) is 32.5 Å². The summed E-state index contributed by atoms with van der Waals surface area (Å²) in [5.41, 5.74) is 3.92. The van der Waals surface area contributed by atoms with E-state index in [0.29, 0.717) is 12.5 Å². The van der Waals surface area contributed by atoms with Crippen LogP contribution in [0.3, 0.4) is 0 Å². The first-order valence-electron chi connectivity index (χ1n) is 6.42. The SMILES string of the molecule is CC(C)C(CCO)Nc1nc(C(F)(F)F)ccc1C(N)=O. The van der Waals surface area contributed by atoms with Gasteiger partial charge in [-0.3, -0.25) is 4.79 Å². The molecule has 0 saturated carbocycles. The van der Waals surface area contributed by atoms with Crippen LogP contribution >= 0.6 is 0 Å². The minimum absolute atomic E-state index is 0.0224. The fourth-order valence-corrected chi connectivity index (χ4v) is 1.81. The van der Waals surface area contributed by atoms with Gasteiger partial charge in [0, 0.05) is 12.6 Å². The van der Waals surface area contributed by atoms with Crippen LogP contribution in [-0.4, -0.2) is 28.6 Å². The van der Waals surface area contributed by atoms with E-state index in [4.69, 9.17) is 10.8 Å². The maximum absolute atomic E-state index is 12.7. The number of amides is 1. The van der Waals surface area contributed by atoms with E-state index in [2.05, 4.69) is 10.3 Å². The average molecular weight is 305 g/mol. The molecule has 0 fully saturated rings. The van der Waals surface area contributed by atoms with Gasteiger partial charge in [-0.1, -0.05) is 13.8 Å². The van der Waals surface area contributed by atoms with Crippen LogP contribution < -0.4 is 11.1 Å². The molecule has 0 aliphatic heterocycles. The fraction of sp³-hybridized carbons (Fsp3) is 0.538. The molecule has 0 spiro atoms. The summed E-state index contributed by atoms with van der Waals surface area (Å²) in [6.45, 7) is 3.54. The smallest absolute Gasteiger partial charge is 0.396 e. The molecule has 21 heavy (non-hydrogen) atoms. The number of rotatable bonds is 6. The number of nitrogens with one attached hydrogen (secondary N) is 1. The van der Waals surface area contributed by atoms with Gasteiger partial charge in [0.15, 0.2) is 0 Å². The lowest BCUT2D eigenvalue weighted by Crippen LogP contribution is -2.29. The number of hydrogen-bond donors (Lipinski definition) is 3. The van der Waals surface area contributed by atoms with Gasteiger partial charge in [-0.15, -0.1) is 0 Å². The fourth-order valence-electron chi connectivity index (χ4n) is 1.81. The van der Waals surface area contributed by atoms with Gasteiger partial charge >= 0.3 is 6.18 Å². The topological polar surface area (TPSA) is 88.2 Å². The summed E-state index contributed by atoms with van der Waals surface area (Å²) in [5, 5.41) is 11.8. The Morgan fingerprint density at radius 1 is 1.43 bits per heavy atom. The van der Waals surface area contributed by atoms with Gasteiger partial charge in [0.05, 0.1) is 5.56 Å². The van der Waals surface area contributed by atoms with E-state index in [9.17, 15) is 18.0 Å². The Morgan fingerprint density at radius 3 is 2.48 bits per heavy atom. The third-order valence-corrected chi connectivity index (χ3v) is 3.02. The third kappa shape index (κ3) is 4.59. The van der Waals surface area contributed by atoms with Crippen molar-refractivity contribution < 1.29 is 23.1 Å². The van der Waals surface area contributed by atoms with E-state index >= 15 is 0 Å². The van der Waals surface area contributed by atoms with Crippen molar-refractivity contribution in [2.75, 3.05) is 11.9 Å². The first-order valence-corrected chi connectivity index (χ1v) is 6.42. The number of nitrogens with two attached hydrogens (primary N) is 1. The molecular weight excluding hydrogens is 287 g/mol. The second-order valence-electron chi connectivity index (χ2n) is 4.96. The van der Waals surface area contributed by atoms with E-state index in [0.717, 1.165) is 6.07 Å². The van der Waals surface area contributed by atoms with E-state index in [1.807, 2.05) is 13.8 Å². The number of carbonyl (C=O) groups excluding carboxylic acids is 1. The summed E-state index contributed by atoms with van der Waals surface area (Å²) in [7, 11) is 0. The van der Waals surface area contributed by atoms with Gasteiger partial charge < -0.3 is 16.2 Å². The second kappa shape index (κ2) is 6.75. The summed E-state index contributed by atoms with van der Waals surface area (Å²) in [6, 6.07) is 1.38. The van der Waals surface area contributed by atoms with Crippen LogP contribution in [0.25, 0.3) is 0 Å². The average Bonchev–Trinajstić information content (AvgIpc) is 2.36. The number of alkyl halides is 3. The van der Waals surface area contributed by atoms with Crippen LogP contribution in [0.1, 0.15) is 36.3 Å². The van der Waals surface area contributed by atoms with E-state index < -0.39 is 17.8 Å². The Morgan fingerprint density at radius 2 is 2.05 bits per heavy atom. The molecule has 0 saturated heterocycles. The molecule has 1 atom stereocenters. The van der Waals surface area contributed by atoms with Gasteiger partial charge in [-0.05, 0) is 24.5 Å². The van der Waals surface area contributed by atoms with Gasteiger partial charge in [-0.25, -0.2) is 4.98 Å². The molecule has 0 aliphatic carbocycles. The zero-order valence-electron chi connectivity index (χ0n) is 11.7. The van der Waals surface area contributed by atoms with Crippen molar-refractivity contribution in [3.8, 4) is 0 Å². The Kier molecular flexibility index (Phi) is 5.54. The predicted octanol–water partition coefficient (Wildman–Crippen LogP) is 2.02. The lowest BCUT2D eigenvalue weighted by molar-refractivity contribution is -0.141. The zero-order valence-corrected chi connectivity index (χ0v) is 11.7. The highest BCUT2D eigenvalue weighted by atomic mass is 19.4. The molecule has 1 rings (SSSR count). The highest BCUT2D eigenvalue weighted by Crippen LogP contribution is 2.30. The van der Waals surface area contributed by atoms with E-state index in [1.54, 1.807) is 0 Å². The first kappa shape index (κ1) is 17.2. The normalized spacial score (nSPS) is 13.3. The number of aromatic nitrogens is 1. The van der Waals surface area contributed by atoms with Gasteiger partial charge in [0.25, 0.3) is 5.91 Å². The summed E-state index contributed by atoms with van der Waals surface area (Å²) >= 11 is 0. The molecule has 0 bridgehead atoms. The van der Waals surface area contributed by atoms with Crippen molar-refractivity contribution in [1.82, 2.24) is 4.98 Å². The third-order valence-electron chi connectivity index (χ3n) is 3.02. The number of aliphatic hydroxyl groups is 1. The summed E-state index contributed by atoms with van der Waals surface area (Å²) in [4.78, 5) is 14.8. The molecule has 0 radical (unpaired) electrons. The van der Waals surface area contributed by atoms with Crippen molar-refractivity contribution in [1.29, 1.82) is 0 Å². The molecule has 4 N–H and O–H groups in total. The van der Waals surface area contributed by atoms with Gasteiger partial charge in [0.2, 0.25) is 0 Å². The molecule has 0 aromatic carbocycles. The van der Waals surface area contributed by atoms with Crippen LogP contribution in [0, 0.1) is 5.92 Å². The molecular formula is C13H18F3N3O2. The summed E-state index contributed by atoms with van der Waals surface area (Å²) in [6.07, 6.45) is -4.30. The minimum Gasteiger partial charge on any atom is -0.396 e. The predicted molar refractivity (Wildman–Crippen MR) is 71.7 cm³/mol. The number of nitrogens with zero attached hydrogens (tertiary/aromatic N) is 1. The molecule has 0 aliphatic rings. The number of hydrogen-bond acceptors (Lipinski definition) is 4. The van der Waals surface area contributed by atoms with Crippen LogP contribution in [0.2, 0.25) is 0 Å². The summed E-state index contributed by atoms with van der Waals surface area (Å²) in [5.74, 6) is -1.07. The Hall–Kier alpha value is -1.83. The number of pyridine rings is 1. The quantitative estimate of drug-likeness (QED) is 0.750. The maximum Gasteiger partial charge on any atom is 0.433 e. The number of carbonyl (C=O) groups is 1. The molecule has 1 amide bonds. The van der Waals surface area contributed by atoms with E-state index in [1.165, 1.54) is 0 Å². The summed E-state index contributed by atoms with van der Waals surface area (Å²) < 4.78 is 38.1.